The summed E-state index contributed by atoms with van der Waals surface area (Å²) in [5.74, 6) is 0. The molecule has 3 aromatic rings. The summed E-state index contributed by atoms with van der Waals surface area (Å²) in [4.78, 5) is 9.50. The smallest absolute Gasteiger partial charge is 0.224 e. The monoisotopic (exact) mass is 367 g/mol. The fourth-order valence-corrected chi connectivity index (χ4v) is 3.82. The van der Waals surface area contributed by atoms with E-state index in [1.807, 2.05) is 23.6 Å². The summed E-state index contributed by atoms with van der Waals surface area (Å²) in [7, 11) is 0. The second-order valence-electron chi connectivity index (χ2n) is 5.51. The van der Waals surface area contributed by atoms with Gasteiger partial charge in [-0.1, -0.05) is 6.07 Å². The molecule has 0 aliphatic carbocycles. The number of aliphatic hydroxyl groups is 3. The Kier molecular flexibility index (Phi) is 4.03. The molecule has 3 aromatic heterocycles. The van der Waals surface area contributed by atoms with Crippen LogP contribution in [0.15, 0.2) is 29.8 Å². The predicted molar refractivity (Wildman–Crippen MR) is 88.9 cm³/mol. The molecule has 9 heteroatoms. The van der Waals surface area contributed by atoms with Crippen molar-refractivity contribution in [2.45, 2.75) is 24.5 Å². The van der Waals surface area contributed by atoms with E-state index in [2.05, 4.69) is 9.97 Å². The number of nitrogens with zero attached hydrogens (tertiary/aromatic N) is 3. The number of fused-ring (bicyclic) bond motifs is 1. The largest absolute Gasteiger partial charge is 0.394 e. The molecule has 1 aliphatic heterocycles. The molecule has 4 heterocycles. The number of halogens is 1. The summed E-state index contributed by atoms with van der Waals surface area (Å²) in [6.07, 6.45) is -2.37. The van der Waals surface area contributed by atoms with Gasteiger partial charge in [0.25, 0.3) is 0 Å². The van der Waals surface area contributed by atoms with E-state index in [1.165, 1.54) is 11.3 Å². The number of ether oxygens (including phenoxy) is 1. The minimum absolute atomic E-state index is 0.0811. The van der Waals surface area contributed by atoms with Crippen LogP contribution < -0.4 is 0 Å². The highest BCUT2D eigenvalue weighted by molar-refractivity contribution is 7.13. The van der Waals surface area contributed by atoms with Gasteiger partial charge in [0.1, 0.15) is 24.0 Å². The van der Waals surface area contributed by atoms with E-state index in [0.29, 0.717) is 11.3 Å². The van der Waals surface area contributed by atoms with Gasteiger partial charge in [0.15, 0.2) is 6.23 Å². The number of hydrogen-bond acceptors (Lipinski definition) is 7. The number of aliphatic hydroxyl groups excluding tert-OH is 3. The zero-order chi connectivity index (χ0) is 16.8. The highest BCUT2D eigenvalue weighted by Gasteiger charge is 2.43. The van der Waals surface area contributed by atoms with Crippen LogP contribution in [-0.2, 0) is 4.74 Å². The third kappa shape index (κ3) is 2.43. The Morgan fingerprint density at radius 3 is 2.75 bits per heavy atom. The van der Waals surface area contributed by atoms with Gasteiger partial charge >= 0.3 is 0 Å². The standard InChI is InChI=1S/C15H14ClN3O4S/c16-15-17-10(9-2-1-5-24-9)7-3-4-19(13(7)18-15)14-12(22)11(21)8(6-20)23-14/h1-5,8,11-12,14,20-22H,6H2/t8-,11?,12?,14-/m1/s1. The van der Waals surface area contributed by atoms with Crippen LogP contribution >= 0.6 is 22.9 Å². The Morgan fingerprint density at radius 1 is 1.25 bits per heavy atom. The molecule has 0 bridgehead atoms. The molecule has 0 radical (unpaired) electrons. The summed E-state index contributed by atoms with van der Waals surface area (Å²) in [6, 6.07) is 5.67. The van der Waals surface area contributed by atoms with Gasteiger partial charge in [-0.2, -0.15) is 4.98 Å². The number of thiophene rings is 1. The van der Waals surface area contributed by atoms with Gasteiger partial charge in [0.05, 0.1) is 17.2 Å². The predicted octanol–water partition coefficient (Wildman–Crippen LogP) is 1.42. The quantitative estimate of drug-likeness (QED) is 0.605. The van der Waals surface area contributed by atoms with E-state index in [9.17, 15) is 15.3 Å². The van der Waals surface area contributed by atoms with E-state index < -0.39 is 24.5 Å². The van der Waals surface area contributed by atoms with Gasteiger partial charge in [-0.25, -0.2) is 4.98 Å². The van der Waals surface area contributed by atoms with Crippen LogP contribution in [0.5, 0.6) is 0 Å². The molecule has 0 aromatic carbocycles. The average Bonchev–Trinajstić information content (AvgIpc) is 3.28. The molecule has 1 saturated heterocycles. The Bertz CT molecular complexity index is 869. The van der Waals surface area contributed by atoms with Crippen molar-refractivity contribution in [1.29, 1.82) is 0 Å². The van der Waals surface area contributed by atoms with Crippen molar-refractivity contribution < 1.29 is 20.1 Å². The molecular weight excluding hydrogens is 354 g/mol. The molecule has 3 N–H and O–H groups in total. The van der Waals surface area contributed by atoms with Crippen molar-refractivity contribution in [1.82, 2.24) is 14.5 Å². The molecule has 126 valence electrons. The van der Waals surface area contributed by atoms with Gasteiger partial charge < -0.3 is 24.6 Å². The second-order valence-corrected chi connectivity index (χ2v) is 6.79. The number of aromatic nitrogens is 3. The van der Waals surface area contributed by atoms with Crippen LogP contribution in [0, 0.1) is 0 Å². The van der Waals surface area contributed by atoms with Crippen LogP contribution in [0.2, 0.25) is 5.28 Å². The maximum atomic E-state index is 10.2. The van der Waals surface area contributed by atoms with E-state index in [1.54, 1.807) is 10.8 Å². The van der Waals surface area contributed by atoms with Crippen LogP contribution in [0.1, 0.15) is 6.23 Å². The molecule has 24 heavy (non-hydrogen) atoms. The Hall–Kier alpha value is -1.55. The molecule has 1 aliphatic rings. The lowest BCUT2D eigenvalue weighted by molar-refractivity contribution is -0.0508. The molecule has 0 spiro atoms. The molecule has 2 unspecified atom stereocenters. The minimum Gasteiger partial charge on any atom is -0.394 e. The van der Waals surface area contributed by atoms with Crippen molar-refractivity contribution >= 4 is 34.0 Å². The highest BCUT2D eigenvalue weighted by Crippen LogP contribution is 2.35. The SMILES string of the molecule is OC[C@H]1O[C@@H](n2ccc3c(-c4cccs4)nc(Cl)nc32)C(O)C1O. The van der Waals surface area contributed by atoms with Crippen molar-refractivity contribution in [3.8, 4) is 10.6 Å². The van der Waals surface area contributed by atoms with E-state index in [4.69, 9.17) is 16.3 Å². The van der Waals surface area contributed by atoms with Crippen LogP contribution in [0.4, 0.5) is 0 Å². The first kappa shape index (κ1) is 15.9. The molecule has 4 rings (SSSR count). The molecule has 7 nitrogen and oxygen atoms in total. The number of rotatable bonds is 3. The lowest BCUT2D eigenvalue weighted by Crippen LogP contribution is -2.33. The molecule has 0 amide bonds. The van der Waals surface area contributed by atoms with E-state index >= 15 is 0 Å². The molecule has 0 saturated carbocycles. The van der Waals surface area contributed by atoms with E-state index in [0.717, 1.165) is 10.3 Å². The van der Waals surface area contributed by atoms with E-state index in [-0.39, 0.29) is 11.9 Å². The Morgan fingerprint density at radius 2 is 2.08 bits per heavy atom. The minimum atomic E-state index is -1.18. The van der Waals surface area contributed by atoms with Gasteiger partial charge in [0.2, 0.25) is 5.28 Å². The third-order valence-electron chi connectivity index (χ3n) is 4.09. The number of hydrogen-bond donors (Lipinski definition) is 3. The average molecular weight is 368 g/mol. The molecule has 1 fully saturated rings. The zero-order valence-electron chi connectivity index (χ0n) is 12.3. The maximum Gasteiger partial charge on any atom is 0.224 e. The fourth-order valence-electron chi connectivity index (χ4n) is 2.92. The van der Waals surface area contributed by atoms with Crippen LogP contribution in [-0.4, -0.2) is 54.8 Å². The van der Waals surface area contributed by atoms with Gasteiger partial charge in [-0.15, -0.1) is 11.3 Å². The summed E-state index contributed by atoms with van der Waals surface area (Å²) < 4.78 is 7.17. The highest BCUT2D eigenvalue weighted by atomic mass is 35.5. The maximum absolute atomic E-state index is 10.2. The summed E-state index contributed by atoms with van der Waals surface area (Å²) in [6.45, 7) is -0.385. The summed E-state index contributed by atoms with van der Waals surface area (Å²) in [5.41, 5.74) is 1.19. The first-order valence-electron chi connectivity index (χ1n) is 7.30. The topological polar surface area (TPSA) is 101 Å². The van der Waals surface area contributed by atoms with Crippen molar-refractivity contribution in [2.75, 3.05) is 6.61 Å². The van der Waals surface area contributed by atoms with Gasteiger partial charge in [-0.3, -0.25) is 0 Å². The third-order valence-corrected chi connectivity index (χ3v) is 5.14. The Labute approximate surface area is 145 Å². The van der Waals surface area contributed by atoms with Crippen molar-refractivity contribution in [2.24, 2.45) is 0 Å². The lowest BCUT2D eigenvalue weighted by Gasteiger charge is -2.17. The zero-order valence-corrected chi connectivity index (χ0v) is 13.9. The summed E-state index contributed by atoms with van der Waals surface area (Å²) in [5, 5.41) is 32.2. The first-order chi connectivity index (χ1) is 11.6. The van der Waals surface area contributed by atoms with Crippen molar-refractivity contribution in [3.05, 3.63) is 35.1 Å². The van der Waals surface area contributed by atoms with Crippen LogP contribution in [0.25, 0.3) is 21.6 Å². The Balaban J connectivity index is 1.84. The normalized spacial score (nSPS) is 27.2. The summed E-state index contributed by atoms with van der Waals surface area (Å²) >= 11 is 7.61. The molecular formula is C15H14ClN3O4S. The van der Waals surface area contributed by atoms with Gasteiger partial charge in [0, 0.05) is 11.6 Å². The lowest BCUT2D eigenvalue weighted by atomic mass is 10.1. The van der Waals surface area contributed by atoms with Crippen LogP contribution in [0.3, 0.4) is 0 Å². The van der Waals surface area contributed by atoms with Gasteiger partial charge in [-0.05, 0) is 29.1 Å². The fraction of sp³-hybridized carbons (Fsp3) is 0.333. The molecule has 4 atom stereocenters. The van der Waals surface area contributed by atoms with Crippen molar-refractivity contribution in [3.63, 3.8) is 0 Å². The first-order valence-corrected chi connectivity index (χ1v) is 8.56. The second kappa shape index (κ2) is 6.07.